The maximum absolute atomic E-state index is 14.3. The number of phenols is 1. The molecule has 0 amide bonds. The van der Waals surface area contributed by atoms with Crippen molar-refractivity contribution < 1.29 is 29.4 Å². The van der Waals surface area contributed by atoms with E-state index in [-0.39, 0.29) is 35.1 Å². The number of fused-ring (bicyclic) bond motifs is 3. The van der Waals surface area contributed by atoms with E-state index in [4.69, 9.17) is 0 Å². The summed E-state index contributed by atoms with van der Waals surface area (Å²) in [5.41, 5.74) is -1.71. The average molecular weight is 495 g/mol. The smallest absolute Gasteiger partial charge is 0.206 e. The number of carbonyl (C=O) groups excluding carboxylic acids is 4. The molecule has 3 aliphatic carbocycles. The molecule has 0 radical (unpaired) electrons. The molecule has 5 atom stereocenters. The summed E-state index contributed by atoms with van der Waals surface area (Å²) in [6.45, 7) is 16.4. The van der Waals surface area contributed by atoms with Gasteiger partial charge >= 0.3 is 0 Å². The van der Waals surface area contributed by atoms with E-state index in [9.17, 15) is 29.4 Å². The van der Waals surface area contributed by atoms with Crippen LogP contribution in [0.4, 0.5) is 0 Å². The van der Waals surface area contributed by atoms with Gasteiger partial charge in [0.2, 0.25) is 5.78 Å². The van der Waals surface area contributed by atoms with Crippen molar-refractivity contribution >= 4 is 23.1 Å². The monoisotopic (exact) mass is 494 g/mol. The lowest BCUT2D eigenvalue weighted by atomic mass is 9.40. The van der Waals surface area contributed by atoms with Crippen LogP contribution in [0.25, 0.3) is 0 Å². The normalized spacial score (nSPS) is 34.2. The molecule has 3 aliphatic rings. The van der Waals surface area contributed by atoms with E-state index in [1.807, 2.05) is 40.7 Å². The largest absolute Gasteiger partial charge is 0.507 e. The second-order valence-electron chi connectivity index (χ2n) is 12.6. The molecule has 1 unspecified atom stereocenters. The molecule has 0 bridgehead atoms. The van der Waals surface area contributed by atoms with Gasteiger partial charge in [-0.2, -0.15) is 0 Å². The predicted molar refractivity (Wildman–Crippen MR) is 136 cm³/mol. The fourth-order valence-electron chi connectivity index (χ4n) is 8.24. The van der Waals surface area contributed by atoms with Gasteiger partial charge in [-0.1, -0.05) is 53.2 Å². The van der Waals surface area contributed by atoms with Gasteiger partial charge in [0.15, 0.2) is 23.0 Å². The Morgan fingerprint density at radius 1 is 1.08 bits per heavy atom. The Balaban J connectivity index is 2.03. The van der Waals surface area contributed by atoms with Crippen LogP contribution in [0, 0.1) is 35.5 Å². The molecule has 1 fully saturated rings. The summed E-state index contributed by atoms with van der Waals surface area (Å²) >= 11 is 0. The number of Topliss-reactive ketones (excluding diaryl/α,β-unsaturated/α-hetero) is 4. The van der Waals surface area contributed by atoms with Crippen molar-refractivity contribution in [2.45, 2.75) is 86.7 Å². The summed E-state index contributed by atoms with van der Waals surface area (Å²) in [6, 6.07) is 1.91. The molecule has 0 aromatic heterocycles. The predicted octanol–water partition coefficient (Wildman–Crippen LogP) is 4.66. The topological polar surface area (TPSA) is 109 Å². The number of rotatable bonds is 3. The van der Waals surface area contributed by atoms with E-state index in [0.29, 0.717) is 17.6 Å². The van der Waals surface area contributed by atoms with E-state index in [1.54, 1.807) is 20.8 Å². The summed E-state index contributed by atoms with van der Waals surface area (Å²) in [4.78, 5) is 54.7. The van der Waals surface area contributed by atoms with Crippen molar-refractivity contribution in [1.29, 1.82) is 0 Å². The van der Waals surface area contributed by atoms with Crippen LogP contribution in [0.1, 0.15) is 94.8 Å². The first kappa shape index (κ1) is 26.5. The van der Waals surface area contributed by atoms with E-state index < -0.39 is 51.4 Å². The molecule has 1 aromatic rings. The fourth-order valence-corrected chi connectivity index (χ4v) is 8.24. The minimum absolute atomic E-state index is 0.0681. The van der Waals surface area contributed by atoms with Gasteiger partial charge in [-0.05, 0) is 73.5 Å². The Morgan fingerprint density at radius 2 is 1.67 bits per heavy atom. The number of phenolic OH excluding ortho intramolecular Hbond substituents is 1. The number of hydrogen-bond donors (Lipinski definition) is 2. The Labute approximate surface area is 213 Å². The molecule has 2 N–H and O–H groups in total. The molecular formula is C30H38O6. The molecule has 6 nitrogen and oxygen atoms in total. The zero-order chi connectivity index (χ0) is 27.3. The first-order valence-electron chi connectivity index (χ1n) is 12.9. The van der Waals surface area contributed by atoms with Gasteiger partial charge in [0.05, 0.1) is 17.1 Å². The van der Waals surface area contributed by atoms with Crippen LogP contribution < -0.4 is 0 Å². The Bertz CT molecular complexity index is 1270. The Kier molecular flexibility index (Phi) is 5.84. The van der Waals surface area contributed by atoms with Crippen molar-refractivity contribution in [3.8, 4) is 5.75 Å². The summed E-state index contributed by atoms with van der Waals surface area (Å²) in [6.07, 6.45) is 0.625. The third kappa shape index (κ3) is 3.06. The third-order valence-corrected chi connectivity index (χ3v) is 9.38. The summed E-state index contributed by atoms with van der Waals surface area (Å²) < 4.78 is 0. The highest BCUT2D eigenvalue weighted by molar-refractivity contribution is 6.33. The van der Waals surface area contributed by atoms with E-state index in [1.165, 1.54) is 6.92 Å². The lowest BCUT2D eigenvalue weighted by Gasteiger charge is -2.62. The first-order chi connectivity index (χ1) is 16.5. The second kappa shape index (κ2) is 7.95. The number of aliphatic hydroxyl groups is 1. The average Bonchev–Trinajstić information content (AvgIpc) is 2.72. The van der Waals surface area contributed by atoms with Crippen molar-refractivity contribution in [3.05, 3.63) is 39.5 Å². The highest BCUT2D eigenvalue weighted by atomic mass is 16.3. The lowest BCUT2D eigenvalue weighted by molar-refractivity contribution is -0.192. The molecule has 0 aliphatic heterocycles. The minimum Gasteiger partial charge on any atom is -0.507 e. The van der Waals surface area contributed by atoms with Crippen LogP contribution in [0.2, 0.25) is 0 Å². The zero-order valence-electron chi connectivity index (χ0n) is 22.8. The van der Waals surface area contributed by atoms with Crippen molar-refractivity contribution in [2.75, 3.05) is 0 Å². The number of aromatic hydroxyl groups is 1. The molecule has 0 heterocycles. The van der Waals surface area contributed by atoms with Crippen LogP contribution in [0.15, 0.2) is 17.2 Å². The number of carbonyl (C=O) groups is 4. The second-order valence-corrected chi connectivity index (χ2v) is 12.6. The van der Waals surface area contributed by atoms with Gasteiger partial charge in [-0.3, -0.25) is 19.2 Å². The maximum atomic E-state index is 14.3. The zero-order valence-corrected chi connectivity index (χ0v) is 22.8. The SMILES string of the molecule is CC(=O)C1=C(C)[C@@H](C(C)C)[C@]2(C)C[C@]3(C)Cc4c(C(C)C)cc(C)c(O)c4C(=O)C3C(=O)[C@]2(O)C1=O. The van der Waals surface area contributed by atoms with Gasteiger partial charge in [-0.15, -0.1) is 0 Å². The van der Waals surface area contributed by atoms with Crippen LogP contribution >= 0.6 is 0 Å². The van der Waals surface area contributed by atoms with E-state index in [0.717, 1.165) is 11.1 Å². The molecule has 0 saturated heterocycles. The Hall–Kier alpha value is -2.60. The lowest BCUT2D eigenvalue weighted by Crippen LogP contribution is -2.73. The molecular weight excluding hydrogens is 456 g/mol. The van der Waals surface area contributed by atoms with Gasteiger partial charge < -0.3 is 10.2 Å². The number of aryl methyl sites for hydroxylation is 1. The highest BCUT2D eigenvalue weighted by Crippen LogP contribution is 2.64. The third-order valence-electron chi connectivity index (χ3n) is 9.38. The highest BCUT2D eigenvalue weighted by Gasteiger charge is 2.73. The fraction of sp³-hybridized carbons (Fsp3) is 0.600. The number of allylic oxidation sites excluding steroid dienone is 1. The molecule has 4 rings (SSSR count). The first-order valence-corrected chi connectivity index (χ1v) is 12.9. The van der Waals surface area contributed by atoms with Crippen molar-refractivity contribution in [2.24, 2.45) is 28.6 Å². The summed E-state index contributed by atoms with van der Waals surface area (Å²) in [5, 5.41) is 23.1. The standard InChI is InChI=1S/C30H38O6/c1-13(2)18-10-15(5)24(32)21-19(18)11-28(8)12-29(9)22(14(3)4)16(6)20(17(7)31)26(34)30(29,36)27(35)23(28)25(21)33/h10,13-14,22-23,32,36H,11-12H2,1-9H3/t22-,23?,28+,29+,30-/m1/s1. The van der Waals surface area contributed by atoms with E-state index >= 15 is 0 Å². The van der Waals surface area contributed by atoms with Crippen molar-refractivity contribution in [1.82, 2.24) is 0 Å². The van der Waals surface area contributed by atoms with Gasteiger partial charge in [0.1, 0.15) is 5.75 Å². The number of ketones is 4. The maximum Gasteiger partial charge on any atom is 0.206 e. The van der Waals surface area contributed by atoms with E-state index in [2.05, 4.69) is 0 Å². The van der Waals surface area contributed by atoms with Gasteiger partial charge in [-0.25, -0.2) is 0 Å². The van der Waals surface area contributed by atoms with Gasteiger partial charge in [0, 0.05) is 5.41 Å². The quantitative estimate of drug-likeness (QED) is 0.467. The molecule has 1 saturated carbocycles. The van der Waals surface area contributed by atoms with Crippen molar-refractivity contribution in [3.63, 3.8) is 0 Å². The minimum atomic E-state index is -2.50. The van der Waals surface area contributed by atoms with Crippen LogP contribution in [-0.4, -0.2) is 38.9 Å². The molecule has 1 aromatic carbocycles. The Morgan fingerprint density at radius 3 is 2.17 bits per heavy atom. The van der Waals surface area contributed by atoms with Crippen LogP contribution in [0.5, 0.6) is 5.75 Å². The number of benzene rings is 1. The molecule has 36 heavy (non-hydrogen) atoms. The van der Waals surface area contributed by atoms with Crippen LogP contribution in [-0.2, 0) is 20.8 Å². The number of hydrogen-bond acceptors (Lipinski definition) is 6. The van der Waals surface area contributed by atoms with Crippen LogP contribution in [0.3, 0.4) is 0 Å². The summed E-state index contributed by atoms with van der Waals surface area (Å²) in [7, 11) is 0. The summed E-state index contributed by atoms with van der Waals surface area (Å²) in [5.74, 6) is -4.60. The van der Waals surface area contributed by atoms with Gasteiger partial charge in [0.25, 0.3) is 0 Å². The molecule has 0 spiro atoms. The molecule has 6 heteroatoms. The molecule has 194 valence electrons.